The van der Waals surface area contributed by atoms with E-state index in [-0.39, 0.29) is 23.8 Å². The lowest BCUT2D eigenvalue weighted by Crippen LogP contribution is -2.42. The summed E-state index contributed by atoms with van der Waals surface area (Å²) in [5.41, 5.74) is 5.64. The molecule has 5 heteroatoms. The summed E-state index contributed by atoms with van der Waals surface area (Å²) in [5, 5.41) is 2.73. The second kappa shape index (κ2) is 8.25. The Bertz CT molecular complexity index is 323. The molecule has 116 valence electrons. The first-order valence-corrected chi connectivity index (χ1v) is 7.69. The summed E-state index contributed by atoms with van der Waals surface area (Å²) in [4.78, 5) is 25.5. The summed E-state index contributed by atoms with van der Waals surface area (Å²) in [5.74, 6) is -0.000255. The lowest BCUT2D eigenvalue weighted by atomic mass is 9.84. The monoisotopic (exact) mass is 283 g/mol. The number of carbonyl (C=O) groups excluding carboxylic acids is 2. The van der Waals surface area contributed by atoms with Gasteiger partial charge in [0.05, 0.1) is 6.54 Å². The molecule has 0 aromatic heterocycles. The van der Waals surface area contributed by atoms with Crippen LogP contribution >= 0.6 is 0 Å². The number of hydrogen-bond donors (Lipinski definition) is 2. The van der Waals surface area contributed by atoms with Crippen LogP contribution in [0, 0.1) is 5.41 Å². The zero-order valence-electron chi connectivity index (χ0n) is 12.9. The molecule has 0 spiro atoms. The molecule has 1 rings (SSSR count). The summed E-state index contributed by atoms with van der Waals surface area (Å²) in [6, 6.07) is 0. The molecule has 0 saturated carbocycles. The Morgan fingerprint density at radius 1 is 1.15 bits per heavy atom. The van der Waals surface area contributed by atoms with Gasteiger partial charge >= 0.3 is 0 Å². The highest BCUT2D eigenvalue weighted by Gasteiger charge is 2.20. The summed E-state index contributed by atoms with van der Waals surface area (Å²) in [6.07, 6.45) is 5.52. The molecule has 0 aliphatic carbocycles. The molecule has 0 atom stereocenters. The van der Waals surface area contributed by atoms with Gasteiger partial charge in [-0.3, -0.25) is 9.59 Å². The number of nitrogens with two attached hydrogens (primary N) is 1. The molecule has 0 radical (unpaired) electrons. The fraction of sp³-hybridized carbons (Fsp3) is 0.867. The predicted molar refractivity (Wildman–Crippen MR) is 80.1 cm³/mol. The first-order chi connectivity index (χ1) is 9.44. The Kier molecular flexibility index (Phi) is 6.99. The minimum atomic E-state index is -0.0412. The SMILES string of the molecule is CC(C)(CCN)CCC(=O)NCC(=O)N1CCCCC1. The Morgan fingerprint density at radius 2 is 1.80 bits per heavy atom. The summed E-state index contributed by atoms with van der Waals surface area (Å²) in [7, 11) is 0. The molecule has 1 saturated heterocycles. The topological polar surface area (TPSA) is 75.4 Å². The van der Waals surface area contributed by atoms with Crippen LogP contribution in [-0.2, 0) is 9.59 Å². The Balaban J connectivity index is 2.20. The Labute approximate surface area is 122 Å². The maximum Gasteiger partial charge on any atom is 0.241 e. The number of nitrogens with one attached hydrogen (secondary N) is 1. The average molecular weight is 283 g/mol. The highest BCUT2D eigenvalue weighted by molar-refractivity contribution is 5.84. The molecule has 1 fully saturated rings. The molecular weight excluding hydrogens is 254 g/mol. The number of piperidine rings is 1. The van der Waals surface area contributed by atoms with Gasteiger partial charge in [0, 0.05) is 19.5 Å². The first kappa shape index (κ1) is 17.0. The van der Waals surface area contributed by atoms with Crippen LogP contribution in [0.15, 0.2) is 0 Å². The van der Waals surface area contributed by atoms with Gasteiger partial charge in [0.25, 0.3) is 0 Å². The number of likely N-dealkylation sites (tertiary alicyclic amines) is 1. The fourth-order valence-electron chi connectivity index (χ4n) is 2.49. The van der Waals surface area contributed by atoms with E-state index >= 15 is 0 Å². The number of hydrogen-bond acceptors (Lipinski definition) is 3. The molecule has 0 aromatic carbocycles. The Morgan fingerprint density at radius 3 is 2.40 bits per heavy atom. The molecule has 1 heterocycles. The van der Waals surface area contributed by atoms with Gasteiger partial charge < -0.3 is 16.0 Å². The van der Waals surface area contributed by atoms with Crippen molar-refractivity contribution in [3.05, 3.63) is 0 Å². The number of carbonyl (C=O) groups is 2. The van der Waals surface area contributed by atoms with E-state index in [0.29, 0.717) is 13.0 Å². The molecule has 0 aromatic rings. The molecule has 0 bridgehead atoms. The van der Waals surface area contributed by atoms with E-state index in [9.17, 15) is 9.59 Å². The Hall–Kier alpha value is -1.10. The van der Waals surface area contributed by atoms with Crippen molar-refractivity contribution in [1.29, 1.82) is 0 Å². The van der Waals surface area contributed by atoms with Gasteiger partial charge in [-0.2, -0.15) is 0 Å². The third kappa shape index (κ3) is 6.37. The highest BCUT2D eigenvalue weighted by Crippen LogP contribution is 2.25. The van der Waals surface area contributed by atoms with Gasteiger partial charge in [0.15, 0.2) is 0 Å². The van der Waals surface area contributed by atoms with Gasteiger partial charge in [-0.25, -0.2) is 0 Å². The number of amides is 2. The highest BCUT2D eigenvalue weighted by atomic mass is 16.2. The average Bonchev–Trinajstić information content (AvgIpc) is 2.43. The van der Waals surface area contributed by atoms with Crippen molar-refractivity contribution in [2.75, 3.05) is 26.2 Å². The first-order valence-electron chi connectivity index (χ1n) is 7.69. The van der Waals surface area contributed by atoms with Crippen molar-refractivity contribution >= 4 is 11.8 Å². The third-order valence-corrected chi connectivity index (χ3v) is 4.00. The molecule has 3 N–H and O–H groups in total. The number of rotatable bonds is 7. The molecule has 2 amide bonds. The lowest BCUT2D eigenvalue weighted by Gasteiger charge is -2.27. The van der Waals surface area contributed by atoms with E-state index < -0.39 is 0 Å². The maximum atomic E-state index is 11.9. The minimum Gasteiger partial charge on any atom is -0.347 e. The normalized spacial score (nSPS) is 16.1. The van der Waals surface area contributed by atoms with Crippen LogP contribution < -0.4 is 11.1 Å². The smallest absolute Gasteiger partial charge is 0.241 e. The predicted octanol–water partition coefficient (Wildman–Crippen LogP) is 1.27. The quantitative estimate of drug-likeness (QED) is 0.739. The van der Waals surface area contributed by atoms with E-state index in [1.54, 1.807) is 0 Å². The maximum absolute atomic E-state index is 11.9. The van der Waals surface area contributed by atoms with E-state index in [1.165, 1.54) is 6.42 Å². The molecular formula is C15H29N3O2. The molecule has 1 aliphatic rings. The lowest BCUT2D eigenvalue weighted by molar-refractivity contribution is -0.133. The minimum absolute atomic E-state index is 0.0410. The zero-order chi connectivity index (χ0) is 15.0. The van der Waals surface area contributed by atoms with Crippen molar-refractivity contribution < 1.29 is 9.59 Å². The van der Waals surface area contributed by atoms with Crippen LogP contribution in [0.25, 0.3) is 0 Å². The molecule has 20 heavy (non-hydrogen) atoms. The van der Waals surface area contributed by atoms with Crippen LogP contribution in [0.3, 0.4) is 0 Å². The molecule has 0 unspecified atom stereocenters. The van der Waals surface area contributed by atoms with Crippen molar-refractivity contribution in [1.82, 2.24) is 10.2 Å². The van der Waals surface area contributed by atoms with Gasteiger partial charge in [0.1, 0.15) is 0 Å². The van der Waals surface area contributed by atoms with Crippen LogP contribution in [0.1, 0.15) is 52.4 Å². The summed E-state index contributed by atoms with van der Waals surface area (Å²) in [6.45, 7) is 6.67. The van der Waals surface area contributed by atoms with Crippen LogP contribution in [0.2, 0.25) is 0 Å². The molecule has 5 nitrogen and oxygen atoms in total. The third-order valence-electron chi connectivity index (χ3n) is 4.00. The molecule has 1 aliphatic heterocycles. The van der Waals surface area contributed by atoms with Gasteiger partial charge in [-0.15, -0.1) is 0 Å². The van der Waals surface area contributed by atoms with Crippen LogP contribution in [0.5, 0.6) is 0 Å². The zero-order valence-corrected chi connectivity index (χ0v) is 12.9. The van der Waals surface area contributed by atoms with Crippen molar-refractivity contribution in [2.24, 2.45) is 11.1 Å². The van der Waals surface area contributed by atoms with Crippen LogP contribution in [0.4, 0.5) is 0 Å². The van der Waals surface area contributed by atoms with E-state index in [4.69, 9.17) is 5.73 Å². The van der Waals surface area contributed by atoms with Crippen molar-refractivity contribution in [2.45, 2.75) is 52.4 Å². The van der Waals surface area contributed by atoms with Crippen molar-refractivity contribution in [3.63, 3.8) is 0 Å². The second-order valence-electron chi connectivity index (χ2n) is 6.42. The van der Waals surface area contributed by atoms with E-state index in [1.807, 2.05) is 4.90 Å². The summed E-state index contributed by atoms with van der Waals surface area (Å²) >= 11 is 0. The van der Waals surface area contributed by atoms with E-state index in [2.05, 4.69) is 19.2 Å². The van der Waals surface area contributed by atoms with E-state index in [0.717, 1.165) is 38.8 Å². The largest absolute Gasteiger partial charge is 0.347 e. The fourth-order valence-corrected chi connectivity index (χ4v) is 2.49. The second-order valence-corrected chi connectivity index (χ2v) is 6.42. The number of nitrogens with zero attached hydrogens (tertiary/aromatic N) is 1. The standard InChI is InChI=1S/C15H29N3O2/c1-15(2,8-9-16)7-6-13(19)17-12-14(20)18-10-4-3-5-11-18/h3-12,16H2,1-2H3,(H,17,19). The summed E-state index contributed by atoms with van der Waals surface area (Å²) < 4.78 is 0. The van der Waals surface area contributed by atoms with Gasteiger partial charge in [0.2, 0.25) is 11.8 Å². The van der Waals surface area contributed by atoms with Gasteiger partial charge in [-0.1, -0.05) is 13.8 Å². The van der Waals surface area contributed by atoms with Crippen LogP contribution in [-0.4, -0.2) is 42.9 Å². The van der Waals surface area contributed by atoms with Crippen molar-refractivity contribution in [3.8, 4) is 0 Å². The van der Waals surface area contributed by atoms with Gasteiger partial charge in [-0.05, 0) is 44.1 Å².